The summed E-state index contributed by atoms with van der Waals surface area (Å²) < 4.78 is 1.69. The molecule has 2 aliphatic carbocycles. The summed E-state index contributed by atoms with van der Waals surface area (Å²) in [5.41, 5.74) is 1.04. The average molecular weight is 306 g/mol. The van der Waals surface area contributed by atoms with Gasteiger partial charge in [0.1, 0.15) is 5.82 Å². The number of carboxylic acid groups (broad SMARTS) is 1. The summed E-state index contributed by atoms with van der Waals surface area (Å²) in [5.74, 6) is 0.249. The van der Waals surface area contributed by atoms with Crippen LogP contribution in [-0.4, -0.2) is 32.9 Å². The maximum absolute atomic E-state index is 12.1. The lowest BCUT2D eigenvalue weighted by atomic mass is 9.86. The van der Waals surface area contributed by atoms with E-state index < -0.39 is 5.97 Å². The van der Waals surface area contributed by atoms with E-state index in [0.717, 1.165) is 5.69 Å². The van der Waals surface area contributed by atoms with Crippen molar-refractivity contribution in [2.45, 2.75) is 50.5 Å². The van der Waals surface area contributed by atoms with Crippen LogP contribution < -0.4 is 10.6 Å². The van der Waals surface area contributed by atoms with E-state index in [0.29, 0.717) is 37.4 Å². The standard InChI is InChI=1S/C15H22N4O3/c1-19-13(8-12(18-19)9-2-3-9)17-15(22)16-11-6-4-10(5-7-11)14(20)21/h8-11H,2-7H2,1H3,(H,20,21)(H2,16,17,22). The summed E-state index contributed by atoms with van der Waals surface area (Å²) in [7, 11) is 1.82. The molecule has 3 N–H and O–H groups in total. The van der Waals surface area contributed by atoms with E-state index in [1.54, 1.807) is 4.68 Å². The molecule has 0 atom stereocenters. The Kier molecular flexibility index (Phi) is 4.04. The number of carbonyl (C=O) groups is 2. The molecule has 22 heavy (non-hydrogen) atoms. The van der Waals surface area contributed by atoms with Crippen LogP contribution in [0.4, 0.5) is 10.6 Å². The average Bonchev–Trinajstić information content (AvgIpc) is 3.25. The third-order valence-electron chi connectivity index (χ3n) is 4.55. The second-order valence-electron chi connectivity index (χ2n) is 6.34. The zero-order valence-electron chi connectivity index (χ0n) is 12.7. The Morgan fingerprint density at radius 1 is 1.23 bits per heavy atom. The molecule has 3 rings (SSSR count). The Bertz CT molecular complexity index is 571. The number of hydrogen-bond acceptors (Lipinski definition) is 3. The lowest BCUT2D eigenvalue weighted by Crippen LogP contribution is -2.41. The minimum atomic E-state index is -0.731. The number of aromatic nitrogens is 2. The van der Waals surface area contributed by atoms with Gasteiger partial charge in [-0.25, -0.2) is 4.79 Å². The number of rotatable bonds is 4. The fourth-order valence-corrected chi connectivity index (χ4v) is 3.01. The van der Waals surface area contributed by atoms with Gasteiger partial charge < -0.3 is 10.4 Å². The first-order valence-corrected chi connectivity index (χ1v) is 7.87. The molecule has 0 saturated heterocycles. The molecule has 7 heteroatoms. The number of nitrogens with zero attached hydrogens (tertiary/aromatic N) is 2. The molecular weight excluding hydrogens is 284 g/mol. The molecule has 1 aromatic heterocycles. The zero-order chi connectivity index (χ0) is 15.7. The van der Waals surface area contributed by atoms with Gasteiger partial charge in [0.15, 0.2) is 0 Å². The van der Waals surface area contributed by atoms with Crippen LogP contribution in [0.15, 0.2) is 6.07 Å². The van der Waals surface area contributed by atoms with E-state index >= 15 is 0 Å². The SMILES string of the molecule is Cn1nc(C2CC2)cc1NC(=O)NC1CCC(C(=O)O)CC1. The van der Waals surface area contributed by atoms with E-state index in [1.807, 2.05) is 13.1 Å². The van der Waals surface area contributed by atoms with Crippen LogP contribution in [0, 0.1) is 5.92 Å². The highest BCUT2D eigenvalue weighted by molar-refractivity contribution is 5.88. The number of aliphatic carboxylic acids is 1. The minimum absolute atomic E-state index is 0.0479. The third kappa shape index (κ3) is 3.40. The first kappa shape index (κ1) is 14.9. The molecule has 0 aliphatic heterocycles. The number of carboxylic acids is 1. The number of hydrogen-bond donors (Lipinski definition) is 3. The number of aryl methyl sites for hydroxylation is 1. The van der Waals surface area contributed by atoms with Crippen molar-refractivity contribution in [2.24, 2.45) is 13.0 Å². The van der Waals surface area contributed by atoms with Crippen LogP contribution >= 0.6 is 0 Å². The minimum Gasteiger partial charge on any atom is -0.481 e. The first-order valence-electron chi connectivity index (χ1n) is 7.87. The highest BCUT2D eigenvalue weighted by Gasteiger charge is 2.28. The normalized spacial score (nSPS) is 24.8. The highest BCUT2D eigenvalue weighted by atomic mass is 16.4. The quantitative estimate of drug-likeness (QED) is 0.793. The van der Waals surface area contributed by atoms with Gasteiger partial charge in [-0.05, 0) is 38.5 Å². The lowest BCUT2D eigenvalue weighted by molar-refractivity contribution is -0.142. The molecule has 2 aliphatic rings. The molecule has 0 unspecified atom stereocenters. The Labute approximate surface area is 129 Å². The highest BCUT2D eigenvalue weighted by Crippen LogP contribution is 2.39. The van der Waals surface area contributed by atoms with Crippen LogP contribution in [0.1, 0.15) is 50.1 Å². The molecule has 1 heterocycles. The number of nitrogens with one attached hydrogen (secondary N) is 2. The Hall–Kier alpha value is -2.05. The molecule has 0 spiro atoms. The molecule has 2 saturated carbocycles. The molecule has 2 amide bonds. The van der Waals surface area contributed by atoms with Gasteiger partial charge in [0.25, 0.3) is 0 Å². The largest absolute Gasteiger partial charge is 0.481 e. The maximum atomic E-state index is 12.1. The Balaban J connectivity index is 1.49. The van der Waals surface area contributed by atoms with Crippen molar-refractivity contribution < 1.29 is 14.7 Å². The second-order valence-corrected chi connectivity index (χ2v) is 6.34. The smallest absolute Gasteiger partial charge is 0.320 e. The molecule has 120 valence electrons. The number of carbonyl (C=O) groups excluding carboxylic acids is 1. The number of amides is 2. The fraction of sp³-hybridized carbons (Fsp3) is 0.667. The van der Waals surface area contributed by atoms with Crippen molar-refractivity contribution in [2.75, 3.05) is 5.32 Å². The first-order chi connectivity index (χ1) is 10.5. The van der Waals surface area contributed by atoms with Crippen LogP contribution in [-0.2, 0) is 11.8 Å². The van der Waals surface area contributed by atoms with Gasteiger partial charge in [-0.15, -0.1) is 0 Å². The van der Waals surface area contributed by atoms with Crippen molar-refractivity contribution >= 4 is 17.8 Å². The van der Waals surface area contributed by atoms with E-state index in [1.165, 1.54) is 12.8 Å². The van der Waals surface area contributed by atoms with Crippen molar-refractivity contribution in [3.8, 4) is 0 Å². The van der Waals surface area contributed by atoms with Gasteiger partial charge in [-0.3, -0.25) is 14.8 Å². The van der Waals surface area contributed by atoms with Gasteiger partial charge in [0, 0.05) is 25.1 Å². The summed E-state index contributed by atoms with van der Waals surface area (Å²) in [4.78, 5) is 23.0. The number of urea groups is 1. The summed E-state index contributed by atoms with van der Waals surface area (Å²) in [6, 6.07) is 1.73. The summed E-state index contributed by atoms with van der Waals surface area (Å²) in [5, 5.41) is 19.1. The molecular formula is C15H22N4O3. The third-order valence-corrected chi connectivity index (χ3v) is 4.55. The predicted molar refractivity (Wildman–Crippen MR) is 80.7 cm³/mol. The molecule has 7 nitrogen and oxygen atoms in total. The van der Waals surface area contributed by atoms with Crippen LogP contribution in [0.2, 0.25) is 0 Å². The van der Waals surface area contributed by atoms with E-state index in [4.69, 9.17) is 5.11 Å². The van der Waals surface area contributed by atoms with Crippen LogP contribution in [0.3, 0.4) is 0 Å². The van der Waals surface area contributed by atoms with Crippen molar-refractivity contribution in [1.29, 1.82) is 0 Å². The van der Waals surface area contributed by atoms with Gasteiger partial charge in [-0.1, -0.05) is 0 Å². The van der Waals surface area contributed by atoms with Crippen molar-refractivity contribution in [3.05, 3.63) is 11.8 Å². The van der Waals surface area contributed by atoms with Crippen molar-refractivity contribution in [1.82, 2.24) is 15.1 Å². The van der Waals surface area contributed by atoms with E-state index in [2.05, 4.69) is 15.7 Å². The molecule has 1 aromatic rings. The predicted octanol–water partition coefficient (Wildman–Crippen LogP) is 2.06. The molecule has 2 fully saturated rings. The zero-order valence-corrected chi connectivity index (χ0v) is 12.7. The van der Waals surface area contributed by atoms with Gasteiger partial charge in [0.2, 0.25) is 0 Å². The fourth-order valence-electron chi connectivity index (χ4n) is 3.01. The number of anilines is 1. The summed E-state index contributed by atoms with van der Waals surface area (Å²) in [6.07, 6.45) is 5.02. The summed E-state index contributed by atoms with van der Waals surface area (Å²) in [6.45, 7) is 0. The topological polar surface area (TPSA) is 96.3 Å². The summed E-state index contributed by atoms with van der Waals surface area (Å²) >= 11 is 0. The Morgan fingerprint density at radius 3 is 2.50 bits per heavy atom. The maximum Gasteiger partial charge on any atom is 0.320 e. The lowest BCUT2D eigenvalue weighted by Gasteiger charge is -2.26. The second kappa shape index (κ2) is 5.98. The monoisotopic (exact) mass is 306 g/mol. The van der Waals surface area contributed by atoms with Gasteiger partial charge in [-0.2, -0.15) is 5.10 Å². The van der Waals surface area contributed by atoms with Gasteiger partial charge in [0.05, 0.1) is 11.6 Å². The molecule has 0 bridgehead atoms. The molecule has 0 radical (unpaired) electrons. The Morgan fingerprint density at radius 2 is 1.91 bits per heavy atom. The van der Waals surface area contributed by atoms with Crippen LogP contribution in [0.5, 0.6) is 0 Å². The van der Waals surface area contributed by atoms with E-state index in [-0.39, 0.29) is 18.0 Å². The molecule has 0 aromatic carbocycles. The van der Waals surface area contributed by atoms with E-state index in [9.17, 15) is 9.59 Å². The van der Waals surface area contributed by atoms with Crippen molar-refractivity contribution in [3.63, 3.8) is 0 Å². The van der Waals surface area contributed by atoms with Gasteiger partial charge >= 0.3 is 12.0 Å². The van der Waals surface area contributed by atoms with Crippen LogP contribution in [0.25, 0.3) is 0 Å².